The molecule has 16 heavy (non-hydrogen) atoms. The zero-order chi connectivity index (χ0) is 12.1. The average molecular weight is 245 g/mol. The lowest BCUT2D eigenvalue weighted by molar-refractivity contribution is -0.144. The topological polar surface area (TPSA) is 74.7 Å². The largest absolute Gasteiger partial charge is 0.481 e. The van der Waals surface area contributed by atoms with E-state index in [1.807, 2.05) is 0 Å². The molecule has 1 N–H and O–H groups in total. The Kier molecular flexibility index (Phi) is 4.79. The summed E-state index contributed by atoms with van der Waals surface area (Å²) >= 11 is 1.33. The fourth-order valence-corrected chi connectivity index (χ4v) is 2.40. The number of hydrogen-bond acceptors (Lipinski definition) is 4. The van der Waals surface area contributed by atoms with Gasteiger partial charge in [0.2, 0.25) is 11.8 Å². The molecule has 0 radical (unpaired) electrons. The molecule has 2 amide bonds. The molecule has 0 spiro atoms. The van der Waals surface area contributed by atoms with Crippen LogP contribution in [0.4, 0.5) is 0 Å². The van der Waals surface area contributed by atoms with Gasteiger partial charge in [0.05, 0.1) is 11.5 Å². The number of thioether (sulfide) groups is 1. The molecule has 1 rings (SSSR count). The average Bonchev–Trinajstić information content (AvgIpc) is 2.16. The number of carbonyl (C=O) groups excluding carboxylic acids is 2. The highest BCUT2D eigenvalue weighted by Crippen LogP contribution is 2.17. The molecule has 0 bridgehead atoms. The van der Waals surface area contributed by atoms with Crippen LogP contribution in [0.1, 0.15) is 26.2 Å². The van der Waals surface area contributed by atoms with Gasteiger partial charge in [0.15, 0.2) is 0 Å². The van der Waals surface area contributed by atoms with E-state index in [1.165, 1.54) is 16.7 Å². The maximum absolute atomic E-state index is 11.5. The summed E-state index contributed by atoms with van der Waals surface area (Å²) in [7, 11) is 0. The summed E-state index contributed by atoms with van der Waals surface area (Å²) in [4.78, 5) is 34.6. The van der Waals surface area contributed by atoms with E-state index in [0.717, 1.165) is 0 Å². The second-order valence-corrected chi connectivity index (χ2v) is 4.77. The molecule has 90 valence electrons. The Bertz CT molecular complexity index is 289. The summed E-state index contributed by atoms with van der Waals surface area (Å²) in [5.74, 6) is -0.489. The predicted octanol–water partition coefficient (Wildman–Crippen LogP) is 0.732. The first-order chi connectivity index (χ1) is 7.52. The van der Waals surface area contributed by atoms with E-state index in [-0.39, 0.29) is 24.3 Å². The second-order valence-electron chi connectivity index (χ2n) is 3.79. The highest BCUT2D eigenvalue weighted by atomic mass is 32.2. The Hall–Kier alpha value is -1.04. The molecule has 1 saturated heterocycles. The van der Waals surface area contributed by atoms with Gasteiger partial charge >= 0.3 is 5.97 Å². The zero-order valence-electron chi connectivity index (χ0n) is 9.14. The molecule has 5 nitrogen and oxygen atoms in total. The lowest BCUT2D eigenvalue weighted by atomic mass is 10.1. The number of amides is 2. The maximum atomic E-state index is 11.5. The van der Waals surface area contributed by atoms with Crippen LogP contribution in [0.3, 0.4) is 0 Å². The minimum absolute atomic E-state index is 0.0787. The van der Waals surface area contributed by atoms with E-state index < -0.39 is 5.97 Å². The van der Waals surface area contributed by atoms with E-state index >= 15 is 0 Å². The summed E-state index contributed by atoms with van der Waals surface area (Å²) < 4.78 is 0. The molecule has 1 aliphatic rings. The molecule has 1 fully saturated rings. The summed E-state index contributed by atoms with van der Waals surface area (Å²) in [6, 6.07) is -0.194. The SMILES string of the molecule is CC(CCCC(=O)O)N1C(=O)CSCC1=O. The van der Waals surface area contributed by atoms with Crippen LogP contribution >= 0.6 is 11.8 Å². The van der Waals surface area contributed by atoms with Crippen LogP contribution < -0.4 is 0 Å². The van der Waals surface area contributed by atoms with Crippen molar-refractivity contribution in [2.75, 3.05) is 11.5 Å². The predicted molar refractivity (Wildman–Crippen MR) is 60.1 cm³/mol. The third-order valence-corrected chi connectivity index (χ3v) is 3.34. The third kappa shape index (κ3) is 3.52. The highest BCUT2D eigenvalue weighted by Gasteiger charge is 2.30. The first kappa shape index (κ1) is 13.0. The molecule has 0 aromatic heterocycles. The fraction of sp³-hybridized carbons (Fsp3) is 0.700. The van der Waals surface area contributed by atoms with Crippen molar-refractivity contribution in [3.8, 4) is 0 Å². The molecule has 1 atom stereocenters. The quantitative estimate of drug-likeness (QED) is 0.723. The van der Waals surface area contributed by atoms with Crippen molar-refractivity contribution < 1.29 is 19.5 Å². The standard InChI is InChI=1S/C10H15NO4S/c1-7(3-2-4-10(14)15)11-8(12)5-16-6-9(11)13/h7H,2-6H2,1H3,(H,14,15). The van der Waals surface area contributed by atoms with Gasteiger partial charge < -0.3 is 5.11 Å². The van der Waals surface area contributed by atoms with Crippen LogP contribution in [0.2, 0.25) is 0 Å². The number of rotatable bonds is 5. The Morgan fingerprint density at radius 3 is 2.50 bits per heavy atom. The molecule has 0 aromatic rings. The van der Waals surface area contributed by atoms with E-state index in [2.05, 4.69) is 0 Å². The molecule has 0 aliphatic carbocycles. The van der Waals surface area contributed by atoms with Gasteiger partial charge in [0.1, 0.15) is 0 Å². The molecule has 1 aliphatic heterocycles. The smallest absolute Gasteiger partial charge is 0.303 e. The van der Waals surface area contributed by atoms with Crippen LogP contribution in [0.15, 0.2) is 0 Å². The van der Waals surface area contributed by atoms with Crippen LogP contribution in [0.5, 0.6) is 0 Å². The van der Waals surface area contributed by atoms with Gasteiger partial charge in [0, 0.05) is 12.5 Å². The van der Waals surface area contributed by atoms with Crippen molar-refractivity contribution >= 4 is 29.5 Å². The van der Waals surface area contributed by atoms with Crippen molar-refractivity contribution in [3.63, 3.8) is 0 Å². The van der Waals surface area contributed by atoms with Gasteiger partial charge in [-0.25, -0.2) is 0 Å². The summed E-state index contributed by atoms with van der Waals surface area (Å²) in [6.07, 6.45) is 1.12. The van der Waals surface area contributed by atoms with Crippen LogP contribution in [0, 0.1) is 0 Å². The van der Waals surface area contributed by atoms with E-state index in [9.17, 15) is 14.4 Å². The van der Waals surface area contributed by atoms with Crippen molar-refractivity contribution in [2.24, 2.45) is 0 Å². The molecular formula is C10H15NO4S. The number of carbonyl (C=O) groups is 3. The van der Waals surface area contributed by atoms with Crippen LogP contribution in [-0.2, 0) is 14.4 Å². The highest BCUT2D eigenvalue weighted by molar-refractivity contribution is 8.00. The second kappa shape index (κ2) is 5.89. The number of aliphatic carboxylic acids is 1. The fourth-order valence-electron chi connectivity index (χ4n) is 1.67. The number of imide groups is 1. The van der Waals surface area contributed by atoms with E-state index in [1.54, 1.807) is 6.92 Å². The van der Waals surface area contributed by atoms with Gasteiger partial charge in [-0.1, -0.05) is 0 Å². The van der Waals surface area contributed by atoms with Gasteiger partial charge in [-0.15, -0.1) is 11.8 Å². The molecular weight excluding hydrogens is 230 g/mol. The summed E-state index contributed by atoms with van der Waals surface area (Å²) in [6.45, 7) is 1.79. The monoisotopic (exact) mass is 245 g/mol. The van der Waals surface area contributed by atoms with Crippen molar-refractivity contribution in [3.05, 3.63) is 0 Å². The van der Waals surface area contributed by atoms with Crippen LogP contribution in [-0.4, -0.2) is 45.3 Å². The molecule has 6 heteroatoms. The molecule has 0 aromatic carbocycles. The molecule has 1 unspecified atom stereocenters. The Morgan fingerprint density at radius 1 is 1.44 bits per heavy atom. The summed E-state index contributed by atoms with van der Waals surface area (Å²) in [5.41, 5.74) is 0. The first-order valence-electron chi connectivity index (χ1n) is 5.17. The minimum Gasteiger partial charge on any atom is -0.481 e. The molecule has 0 saturated carbocycles. The Labute approximate surface area is 98.2 Å². The van der Waals surface area contributed by atoms with Gasteiger partial charge in [-0.3, -0.25) is 19.3 Å². The zero-order valence-corrected chi connectivity index (χ0v) is 9.96. The first-order valence-corrected chi connectivity index (χ1v) is 6.32. The number of carboxylic acid groups (broad SMARTS) is 1. The van der Waals surface area contributed by atoms with Crippen molar-refractivity contribution in [2.45, 2.75) is 32.2 Å². The molecule has 1 heterocycles. The number of carboxylic acids is 1. The lowest BCUT2D eigenvalue weighted by Crippen LogP contribution is -2.48. The van der Waals surface area contributed by atoms with E-state index in [0.29, 0.717) is 24.3 Å². The maximum Gasteiger partial charge on any atom is 0.303 e. The van der Waals surface area contributed by atoms with Crippen molar-refractivity contribution in [1.82, 2.24) is 4.90 Å². The van der Waals surface area contributed by atoms with Gasteiger partial charge in [-0.2, -0.15) is 0 Å². The number of hydrogen-bond donors (Lipinski definition) is 1. The Morgan fingerprint density at radius 2 is 2.00 bits per heavy atom. The van der Waals surface area contributed by atoms with Crippen molar-refractivity contribution in [1.29, 1.82) is 0 Å². The Balaban J connectivity index is 2.44. The minimum atomic E-state index is -0.848. The number of nitrogens with zero attached hydrogens (tertiary/aromatic N) is 1. The van der Waals surface area contributed by atoms with Crippen LogP contribution in [0.25, 0.3) is 0 Å². The lowest BCUT2D eigenvalue weighted by Gasteiger charge is -2.30. The van der Waals surface area contributed by atoms with Gasteiger partial charge in [-0.05, 0) is 19.8 Å². The third-order valence-electron chi connectivity index (χ3n) is 2.44. The summed E-state index contributed by atoms with van der Waals surface area (Å²) in [5, 5.41) is 8.49. The van der Waals surface area contributed by atoms with E-state index in [4.69, 9.17) is 5.11 Å². The normalized spacial score (nSPS) is 18.7. The van der Waals surface area contributed by atoms with Gasteiger partial charge in [0.25, 0.3) is 0 Å².